The third-order valence-electron chi connectivity index (χ3n) is 5.38. The average molecular weight is 510 g/mol. The number of carboxylic acids is 1. The Morgan fingerprint density at radius 2 is 1.06 bits per heavy atom. The van der Waals surface area contributed by atoms with Gasteiger partial charge in [-0.25, -0.2) is 9.97 Å². The van der Waals surface area contributed by atoms with Gasteiger partial charge in [-0.05, 0) is 62.4 Å². The molecule has 0 atom stereocenters. The Labute approximate surface area is 199 Å². The molecule has 4 rings (SSSR count). The van der Waals surface area contributed by atoms with Crippen molar-refractivity contribution in [1.82, 2.24) is 9.97 Å². The van der Waals surface area contributed by atoms with Crippen LogP contribution in [0.25, 0.3) is 22.9 Å². The Balaban J connectivity index is 1.69. The van der Waals surface area contributed by atoms with Crippen LogP contribution in [0.5, 0.6) is 0 Å². The van der Waals surface area contributed by atoms with Crippen LogP contribution < -0.4 is 0 Å². The van der Waals surface area contributed by atoms with Gasteiger partial charge in [0.25, 0.3) is 0 Å². The van der Waals surface area contributed by atoms with Crippen LogP contribution in [0.4, 0.5) is 26.3 Å². The number of carbonyl (C=O) groups is 1. The summed E-state index contributed by atoms with van der Waals surface area (Å²) in [6, 6.07) is 8.00. The Kier molecular flexibility index (Phi) is 6.15. The zero-order valence-electron chi connectivity index (χ0n) is 18.5. The molecule has 0 saturated carbocycles. The molecule has 0 amide bonds. The molecule has 1 N–H and O–H groups in total. The highest BCUT2D eigenvalue weighted by molar-refractivity contribution is 5.80. The molecule has 12 heteroatoms. The molecule has 188 valence electrons. The first kappa shape index (κ1) is 25.0. The van der Waals surface area contributed by atoms with Gasteiger partial charge in [-0.2, -0.15) is 26.3 Å². The van der Waals surface area contributed by atoms with Gasteiger partial charge in [0.2, 0.25) is 11.8 Å². The first-order valence-electron chi connectivity index (χ1n) is 10.3. The largest absolute Gasteiger partial charge is 0.480 e. The first-order chi connectivity index (χ1) is 16.8. The van der Waals surface area contributed by atoms with E-state index in [2.05, 4.69) is 9.97 Å². The number of nitrogens with zero attached hydrogens (tertiary/aromatic N) is 2. The van der Waals surface area contributed by atoms with E-state index in [0.717, 1.165) is 48.5 Å². The minimum absolute atomic E-state index is 0.0484. The van der Waals surface area contributed by atoms with Crippen molar-refractivity contribution in [3.05, 3.63) is 82.6 Å². The second kappa shape index (κ2) is 8.85. The fourth-order valence-electron chi connectivity index (χ4n) is 3.57. The van der Waals surface area contributed by atoms with E-state index in [9.17, 15) is 36.2 Å². The maximum Gasteiger partial charge on any atom is 0.416 e. The van der Waals surface area contributed by atoms with Crippen molar-refractivity contribution < 1.29 is 45.1 Å². The summed E-state index contributed by atoms with van der Waals surface area (Å²) in [6.07, 6.45) is -9.06. The number of benzene rings is 2. The van der Waals surface area contributed by atoms with Crippen LogP contribution in [0.2, 0.25) is 0 Å². The van der Waals surface area contributed by atoms with Crippen molar-refractivity contribution in [2.24, 2.45) is 0 Å². The number of alkyl halides is 6. The zero-order chi connectivity index (χ0) is 26.4. The van der Waals surface area contributed by atoms with Gasteiger partial charge in [0.05, 0.1) is 11.1 Å². The number of hydrogen-bond donors (Lipinski definition) is 1. The highest BCUT2D eigenvalue weighted by Gasteiger charge is 2.35. The number of halogens is 6. The summed E-state index contributed by atoms with van der Waals surface area (Å²) in [7, 11) is 0. The normalized spacial score (nSPS) is 12.4. The van der Waals surface area contributed by atoms with E-state index in [-0.39, 0.29) is 45.8 Å². The van der Waals surface area contributed by atoms with Crippen LogP contribution in [-0.4, -0.2) is 21.0 Å². The Bertz CT molecular complexity index is 1300. The number of aryl methyl sites for hydroxylation is 2. The SMILES string of the molecule is Cc1oc(-c2ccc(C(F)(F)F)cc2)nc1C(C(=O)O)c1nc(-c2ccc(C(F)(F)F)cc2)oc1C. The van der Waals surface area contributed by atoms with Gasteiger partial charge in [0, 0.05) is 11.1 Å². The summed E-state index contributed by atoms with van der Waals surface area (Å²) < 4.78 is 88.1. The molecular weight excluding hydrogens is 494 g/mol. The fourth-order valence-corrected chi connectivity index (χ4v) is 3.57. The summed E-state index contributed by atoms with van der Waals surface area (Å²) in [5.41, 5.74) is -1.44. The highest BCUT2D eigenvalue weighted by atomic mass is 19.4. The molecule has 0 spiro atoms. The predicted octanol–water partition coefficient (Wildman–Crippen LogP) is 6.87. The second-order valence-electron chi connectivity index (χ2n) is 7.84. The number of carboxylic acid groups (broad SMARTS) is 1. The van der Waals surface area contributed by atoms with E-state index < -0.39 is 35.4 Å². The van der Waals surface area contributed by atoms with E-state index in [4.69, 9.17) is 8.83 Å². The number of rotatable bonds is 5. The molecule has 0 unspecified atom stereocenters. The van der Waals surface area contributed by atoms with Gasteiger partial charge in [-0.15, -0.1) is 0 Å². The van der Waals surface area contributed by atoms with Crippen LogP contribution in [0.15, 0.2) is 57.4 Å². The van der Waals surface area contributed by atoms with Gasteiger partial charge in [-0.1, -0.05) is 0 Å². The number of hydrogen-bond acceptors (Lipinski definition) is 5. The molecule has 0 saturated heterocycles. The number of aliphatic carboxylic acids is 1. The summed E-state index contributed by atoms with van der Waals surface area (Å²) >= 11 is 0. The zero-order valence-corrected chi connectivity index (χ0v) is 18.5. The molecule has 0 aliphatic heterocycles. The molecule has 2 aromatic heterocycles. The number of oxazole rings is 2. The van der Waals surface area contributed by atoms with Crippen LogP contribution in [-0.2, 0) is 17.1 Å². The smallest absolute Gasteiger partial charge is 0.416 e. The lowest BCUT2D eigenvalue weighted by Crippen LogP contribution is -2.16. The van der Waals surface area contributed by atoms with Gasteiger partial charge >= 0.3 is 18.3 Å². The van der Waals surface area contributed by atoms with Gasteiger partial charge in [-0.3, -0.25) is 4.79 Å². The van der Waals surface area contributed by atoms with Gasteiger partial charge < -0.3 is 13.9 Å². The number of aromatic nitrogens is 2. The van der Waals surface area contributed by atoms with Gasteiger partial charge in [0.15, 0.2) is 0 Å². The molecule has 0 fully saturated rings. The van der Waals surface area contributed by atoms with E-state index in [1.165, 1.54) is 13.8 Å². The van der Waals surface area contributed by atoms with Crippen LogP contribution in [0, 0.1) is 13.8 Å². The maximum absolute atomic E-state index is 12.8. The van der Waals surface area contributed by atoms with Crippen molar-refractivity contribution in [3.63, 3.8) is 0 Å². The van der Waals surface area contributed by atoms with Crippen molar-refractivity contribution in [3.8, 4) is 22.9 Å². The van der Waals surface area contributed by atoms with E-state index in [1.54, 1.807) is 0 Å². The molecule has 0 aliphatic rings. The molecule has 2 heterocycles. The van der Waals surface area contributed by atoms with Gasteiger partial charge in [0.1, 0.15) is 28.8 Å². The minimum Gasteiger partial charge on any atom is -0.480 e. The van der Waals surface area contributed by atoms with Crippen molar-refractivity contribution in [1.29, 1.82) is 0 Å². The van der Waals surface area contributed by atoms with Crippen molar-refractivity contribution >= 4 is 5.97 Å². The fraction of sp³-hybridized carbons (Fsp3) is 0.208. The highest BCUT2D eigenvalue weighted by Crippen LogP contribution is 2.36. The molecule has 0 aliphatic carbocycles. The molecule has 36 heavy (non-hydrogen) atoms. The monoisotopic (exact) mass is 510 g/mol. The average Bonchev–Trinajstić information content (AvgIpc) is 3.36. The summed E-state index contributed by atoms with van der Waals surface area (Å²) in [6.45, 7) is 2.89. The lowest BCUT2D eigenvalue weighted by atomic mass is 9.99. The molecule has 6 nitrogen and oxygen atoms in total. The third kappa shape index (κ3) is 4.83. The molecule has 0 bridgehead atoms. The Hall–Kier alpha value is -4.09. The lowest BCUT2D eigenvalue weighted by Gasteiger charge is -2.08. The van der Waals surface area contributed by atoms with E-state index in [0.29, 0.717) is 0 Å². The Morgan fingerprint density at radius 1 is 0.722 bits per heavy atom. The van der Waals surface area contributed by atoms with Crippen molar-refractivity contribution in [2.45, 2.75) is 32.1 Å². The summed E-state index contributed by atoms with van der Waals surface area (Å²) in [4.78, 5) is 20.6. The summed E-state index contributed by atoms with van der Waals surface area (Å²) in [5, 5.41) is 9.93. The molecular formula is C24H16F6N2O4. The third-order valence-corrected chi connectivity index (χ3v) is 5.38. The van der Waals surface area contributed by atoms with E-state index >= 15 is 0 Å². The first-order valence-corrected chi connectivity index (χ1v) is 10.3. The quantitative estimate of drug-likeness (QED) is 0.295. The van der Waals surface area contributed by atoms with Crippen molar-refractivity contribution in [2.75, 3.05) is 0 Å². The molecule has 0 radical (unpaired) electrons. The van der Waals surface area contributed by atoms with Crippen LogP contribution in [0.1, 0.15) is 40.0 Å². The maximum atomic E-state index is 12.8. The molecule has 4 aromatic rings. The standard InChI is InChI=1S/C24H16F6N2O4/c1-11-18(31-20(35-11)13-3-7-15(8-4-13)23(25,26)27)17(22(33)34)19-12(2)36-21(32-19)14-5-9-16(10-6-14)24(28,29)30/h3-10,17H,1-2H3,(H,33,34). The van der Waals surface area contributed by atoms with Crippen LogP contribution in [0.3, 0.4) is 0 Å². The minimum atomic E-state index is -4.53. The second-order valence-corrected chi connectivity index (χ2v) is 7.84. The molecule has 2 aromatic carbocycles. The summed E-state index contributed by atoms with van der Waals surface area (Å²) in [5.74, 6) is -2.82. The lowest BCUT2D eigenvalue weighted by molar-refractivity contribution is -0.138. The van der Waals surface area contributed by atoms with Crippen LogP contribution >= 0.6 is 0 Å². The predicted molar refractivity (Wildman–Crippen MR) is 113 cm³/mol. The topological polar surface area (TPSA) is 89.4 Å². The van der Waals surface area contributed by atoms with E-state index in [1.807, 2.05) is 0 Å². The Morgan fingerprint density at radius 3 is 1.33 bits per heavy atom.